The number of hydrogen-bond donors (Lipinski definition) is 2. The van der Waals surface area contributed by atoms with E-state index in [1.54, 1.807) is 14.1 Å². The summed E-state index contributed by atoms with van der Waals surface area (Å²) < 4.78 is 4.63. The lowest BCUT2D eigenvalue weighted by molar-refractivity contribution is -0.115. The third-order valence-electron chi connectivity index (χ3n) is 0.682. The fourth-order valence-corrected chi connectivity index (χ4v) is 0.231. The van der Waals surface area contributed by atoms with Crippen LogP contribution in [0.25, 0.3) is 0 Å². The number of carbonyl (C=O) groups excluding carboxylic acids is 1. The maximum Gasteiger partial charge on any atom is 0.209 e. The van der Waals surface area contributed by atoms with E-state index in [1.165, 1.54) is 4.90 Å². The lowest BCUT2D eigenvalue weighted by Gasteiger charge is -1.94. The van der Waals surface area contributed by atoms with E-state index in [4.69, 9.17) is 10.2 Å². The molecule has 5 heteroatoms. The van der Waals surface area contributed by atoms with Crippen LogP contribution < -0.4 is 0 Å². The molecule has 0 aliphatic rings. The van der Waals surface area contributed by atoms with Crippen LogP contribution in [-0.4, -0.2) is 62.0 Å². The zero-order valence-corrected chi connectivity index (χ0v) is 7.56. The third-order valence-corrected chi connectivity index (χ3v) is 0.682. The molecule has 0 rings (SSSR count). The summed E-state index contributed by atoms with van der Waals surface area (Å²) in [6.45, 7) is 0.696. The second-order valence-electron chi connectivity index (χ2n) is 2.13. The molecule has 0 aromatic carbocycles. The molecule has 74 valence electrons. The van der Waals surface area contributed by atoms with Crippen LogP contribution in [0.5, 0.6) is 0 Å². The van der Waals surface area contributed by atoms with Gasteiger partial charge in [0.05, 0.1) is 26.4 Å². The molecular weight excluding hydrogens is 162 g/mol. The van der Waals surface area contributed by atoms with Gasteiger partial charge in [0.1, 0.15) is 0 Å². The Hall–Kier alpha value is -0.650. The van der Waals surface area contributed by atoms with Gasteiger partial charge in [0.2, 0.25) is 6.41 Å². The van der Waals surface area contributed by atoms with Gasteiger partial charge in [-0.2, -0.15) is 0 Å². The van der Waals surface area contributed by atoms with E-state index < -0.39 is 0 Å². The molecule has 0 spiro atoms. The molecule has 0 aromatic rings. The molecule has 0 fully saturated rings. The number of ether oxygens (including phenoxy) is 1. The van der Waals surface area contributed by atoms with E-state index in [1.807, 2.05) is 0 Å². The van der Waals surface area contributed by atoms with Crippen LogP contribution >= 0.6 is 0 Å². The molecular formula is C7H17NO4. The van der Waals surface area contributed by atoms with Crippen LogP contribution in [0.15, 0.2) is 0 Å². The highest BCUT2D eigenvalue weighted by molar-refractivity contribution is 5.45. The summed E-state index contributed by atoms with van der Waals surface area (Å²) in [7, 11) is 3.38. The molecule has 0 radical (unpaired) electrons. The van der Waals surface area contributed by atoms with Crippen LogP contribution in [0.3, 0.4) is 0 Å². The SMILES string of the molecule is CN(C)C=O.OCCOCCO. The van der Waals surface area contributed by atoms with Crippen LogP contribution in [0.2, 0.25) is 0 Å². The van der Waals surface area contributed by atoms with Gasteiger partial charge in [0.25, 0.3) is 0 Å². The van der Waals surface area contributed by atoms with E-state index in [2.05, 4.69) is 4.74 Å². The highest BCUT2D eigenvalue weighted by Crippen LogP contribution is 1.68. The van der Waals surface area contributed by atoms with Gasteiger partial charge in [-0.05, 0) is 0 Å². The van der Waals surface area contributed by atoms with E-state index in [-0.39, 0.29) is 13.2 Å². The summed E-state index contributed by atoms with van der Waals surface area (Å²) in [6, 6.07) is 0. The zero-order chi connectivity index (χ0) is 9.82. The van der Waals surface area contributed by atoms with Gasteiger partial charge in [-0.25, -0.2) is 0 Å². The molecule has 0 heterocycles. The van der Waals surface area contributed by atoms with Gasteiger partial charge >= 0.3 is 0 Å². The lowest BCUT2D eigenvalue weighted by Crippen LogP contribution is -2.06. The number of rotatable bonds is 5. The van der Waals surface area contributed by atoms with Gasteiger partial charge in [-0.15, -0.1) is 0 Å². The molecule has 0 unspecified atom stereocenters. The second-order valence-corrected chi connectivity index (χ2v) is 2.13. The van der Waals surface area contributed by atoms with Crippen molar-refractivity contribution in [3.8, 4) is 0 Å². The number of carbonyl (C=O) groups is 1. The average molecular weight is 179 g/mol. The highest BCUT2D eigenvalue weighted by Gasteiger charge is 1.79. The lowest BCUT2D eigenvalue weighted by atomic mass is 10.7. The summed E-state index contributed by atoms with van der Waals surface area (Å²) in [6.07, 6.45) is 0.750. The molecule has 0 saturated heterocycles. The Bertz CT molecular complexity index is 83.5. The van der Waals surface area contributed by atoms with Crippen molar-refractivity contribution in [3.05, 3.63) is 0 Å². The summed E-state index contributed by atoms with van der Waals surface area (Å²) in [4.78, 5) is 10.9. The van der Waals surface area contributed by atoms with E-state index in [9.17, 15) is 4.79 Å². The van der Waals surface area contributed by atoms with Crippen molar-refractivity contribution in [3.63, 3.8) is 0 Å². The molecule has 0 bridgehead atoms. The van der Waals surface area contributed by atoms with Crippen LogP contribution in [0.4, 0.5) is 0 Å². The fourth-order valence-electron chi connectivity index (χ4n) is 0.231. The second kappa shape index (κ2) is 13.0. The fraction of sp³-hybridized carbons (Fsp3) is 0.857. The first-order valence-electron chi connectivity index (χ1n) is 3.60. The molecule has 0 aromatic heterocycles. The van der Waals surface area contributed by atoms with Crippen molar-refractivity contribution in [2.75, 3.05) is 40.5 Å². The minimum atomic E-state index is 0.0278. The molecule has 12 heavy (non-hydrogen) atoms. The summed E-state index contributed by atoms with van der Waals surface area (Å²) in [5, 5.41) is 16.2. The molecule has 5 nitrogen and oxygen atoms in total. The molecule has 0 atom stereocenters. The van der Waals surface area contributed by atoms with Crippen molar-refractivity contribution in [1.29, 1.82) is 0 Å². The van der Waals surface area contributed by atoms with Crippen molar-refractivity contribution in [2.24, 2.45) is 0 Å². The summed E-state index contributed by atoms with van der Waals surface area (Å²) in [5.41, 5.74) is 0. The molecule has 2 N–H and O–H groups in total. The minimum Gasteiger partial charge on any atom is -0.394 e. The zero-order valence-electron chi connectivity index (χ0n) is 7.56. The predicted octanol–water partition coefficient (Wildman–Crippen LogP) is -1.31. The Labute approximate surface area is 72.6 Å². The van der Waals surface area contributed by atoms with Crippen molar-refractivity contribution >= 4 is 6.41 Å². The van der Waals surface area contributed by atoms with Gasteiger partial charge in [0, 0.05) is 14.1 Å². The quantitative estimate of drug-likeness (QED) is 0.406. The summed E-state index contributed by atoms with van der Waals surface area (Å²) in [5.74, 6) is 0. The number of hydrogen-bond acceptors (Lipinski definition) is 4. The monoisotopic (exact) mass is 179 g/mol. The van der Waals surface area contributed by atoms with Gasteiger partial charge < -0.3 is 19.8 Å². The number of amides is 1. The predicted molar refractivity (Wildman–Crippen MR) is 44.7 cm³/mol. The third kappa shape index (κ3) is 22.8. The summed E-state index contributed by atoms with van der Waals surface area (Å²) >= 11 is 0. The maximum atomic E-state index is 9.43. The van der Waals surface area contributed by atoms with Crippen molar-refractivity contribution in [2.45, 2.75) is 0 Å². The van der Waals surface area contributed by atoms with Gasteiger partial charge in [-0.1, -0.05) is 0 Å². The van der Waals surface area contributed by atoms with Crippen molar-refractivity contribution in [1.82, 2.24) is 4.90 Å². The van der Waals surface area contributed by atoms with Gasteiger partial charge in [-0.3, -0.25) is 4.79 Å². The normalized spacial score (nSPS) is 8.33. The first-order chi connectivity index (χ1) is 5.68. The largest absolute Gasteiger partial charge is 0.394 e. The number of nitrogens with zero attached hydrogens (tertiary/aromatic N) is 1. The van der Waals surface area contributed by atoms with Crippen LogP contribution in [0, 0.1) is 0 Å². The van der Waals surface area contributed by atoms with Crippen LogP contribution in [0.1, 0.15) is 0 Å². The smallest absolute Gasteiger partial charge is 0.209 e. The van der Waals surface area contributed by atoms with E-state index >= 15 is 0 Å². The molecule has 1 amide bonds. The highest BCUT2D eigenvalue weighted by atomic mass is 16.5. The minimum absolute atomic E-state index is 0.0278. The first kappa shape index (κ1) is 13.9. The van der Waals surface area contributed by atoms with Crippen LogP contribution in [-0.2, 0) is 9.53 Å². The topological polar surface area (TPSA) is 70.0 Å². The number of aliphatic hydroxyl groups is 2. The molecule has 0 aliphatic carbocycles. The van der Waals surface area contributed by atoms with Gasteiger partial charge in [0.15, 0.2) is 0 Å². The maximum absolute atomic E-state index is 9.43. The van der Waals surface area contributed by atoms with Crippen molar-refractivity contribution < 1.29 is 19.7 Å². The van der Waals surface area contributed by atoms with E-state index in [0.29, 0.717) is 13.2 Å². The Morgan fingerprint density at radius 3 is 1.75 bits per heavy atom. The molecule has 0 aliphatic heterocycles. The Morgan fingerprint density at radius 1 is 1.25 bits per heavy atom. The first-order valence-corrected chi connectivity index (χ1v) is 3.60. The molecule has 0 saturated carbocycles. The van der Waals surface area contributed by atoms with E-state index in [0.717, 1.165) is 6.41 Å². The number of aliphatic hydroxyl groups excluding tert-OH is 2. The Kier molecular flexibility index (Phi) is 15.0. The Morgan fingerprint density at radius 2 is 1.58 bits per heavy atom. The average Bonchev–Trinajstić information content (AvgIpc) is 2.07. The Balaban J connectivity index is 0. The standard InChI is InChI=1S/C4H10O3.C3H7NO/c5-1-3-7-4-2-6;1-4(2)3-5/h5-6H,1-4H2;3H,1-2H3.